The van der Waals surface area contributed by atoms with E-state index in [1.807, 2.05) is 41.8 Å². The Balaban J connectivity index is 1.55. The van der Waals surface area contributed by atoms with Gasteiger partial charge in [0.25, 0.3) is 0 Å². The first-order valence-corrected chi connectivity index (χ1v) is 8.82. The van der Waals surface area contributed by atoms with E-state index in [9.17, 15) is 4.39 Å². The summed E-state index contributed by atoms with van der Waals surface area (Å²) in [5, 5.41) is 9.32. The van der Waals surface area contributed by atoms with Crippen molar-refractivity contribution in [3.8, 4) is 11.3 Å². The third kappa shape index (κ3) is 4.64. The molecule has 0 aliphatic heterocycles. The molecule has 0 saturated carbocycles. The molecule has 0 amide bonds. The van der Waals surface area contributed by atoms with E-state index in [-0.39, 0.29) is 5.82 Å². The number of nitrogens with zero attached hydrogens (tertiary/aromatic N) is 2. The van der Waals surface area contributed by atoms with Gasteiger partial charge in [0.15, 0.2) is 5.96 Å². The lowest BCUT2D eigenvalue weighted by molar-refractivity contribution is 0.604. The molecule has 0 fully saturated rings. The Labute approximate surface area is 150 Å². The summed E-state index contributed by atoms with van der Waals surface area (Å²) in [6.07, 6.45) is 0. The highest BCUT2D eigenvalue weighted by Gasteiger charge is 2.06. The maximum absolute atomic E-state index is 13.7. The highest BCUT2D eigenvalue weighted by molar-refractivity contribution is 7.09. The summed E-state index contributed by atoms with van der Waals surface area (Å²) in [7, 11) is 1.69. The van der Waals surface area contributed by atoms with E-state index in [0.29, 0.717) is 24.6 Å². The molecule has 0 spiro atoms. The van der Waals surface area contributed by atoms with Gasteiger partial charge < -0.3 is 10.6 Å². The summed E-state index contributed by atoms with van der Waals surface area (Å²) in [6, 6.07) is 16.8. The maximum atomic E-state index is 13.7. The van der Waals surface area contributed by atoms with Crippen molar-refractivity contribution in [1.29, 1.82) is 0 Å². The van der Waals surface area contributed by atoms with Crippen LogP contribution in [-0.2, 0) is 13.1 Å². The number of guanidine groups is 1. The number of aromatic nitrogens is 1. The van der Waals surface area contributed by atoms with Crippen LogP contribution in [0.5, 0.6) is 0 Å². The molecule has 2 N–H and O–H groups in total. The summed E-state index contributed by atoms with van der Waals surface area (Å²) in [5.74, 6) is 0.387. The Kier molecular flexibility index (Phi) is 5.74. The second-order valence-electron chi connectivity index (χ2n) is 5.36. The van der Waals surface area contributed by atoms with Crippen molar-refractivity contribution in [3.05, 3.63) is 76.4 Å². The lowest BCUT2D eigenvalue weighted by atomic mass is 10.2. The average molecular weight is 354 g/mol. The fourth-order valence-corrected chi connectivity index (χ4v) is 3.08. The molecule has 0 saturated heterocycles. The Hall–Kier alpha value is -2.73. The van der Waals surface area contributed by atoms with Crippen LogP contribution in [0.1, 0.15) is 10.6 Å². The molecule has 6 heteroatoms. The molecular weight excluding hydrogens is 335 g/mol. The third-order valence-corrected chi connectivity index (χ3v) is 4.50. The van der Waals surface area contributed by atoms with Gasteiger partial charge in [-0.05, 0) is 6.07 Å². The largest absolute Gasteiger partial charge is 0.352 e. The molecular formula is C19H19FN4S. The van der Waals surface area contributed by atoms with E-state index in [4.69, 9.17) is 0 Å². The molecule has 0 aliphatic rings. The molecule has 1 aromatic heterocycles. The Morgan fingerprint density at radius 3 is 2.52 bits per heavy atom. The van der Waals surface area contributed by atoms with E-state index in [1.54, 1.807) is 30.5 Å². The minimum Gasteiger partial charge on any atom is -0.352 e. The molecule has 0 bridgehead atoms. The van der Waals surface area contributed by atoms with Crippen molar-refractivity contribution in [2.45, 2.75) is 13.1 Å². The van der Waals surface area contributed by atoms with Gasteiger partial charge in [0.05, 0.1) is 12.2 Å². The third-order valence-electron chi connectivity index (χ3n) is 3.66. The van der Waals surface area contributed by atoms with Gasteiger partial charge in [0.1, 0.15) is 10.8 Å². The molecule has 2 aromatic carbocycles. The number of rotatable bonds is 5. The van der Waals surface area contributed by atoms with E-state index in [1.165, 1.54) is 6.07 Å². The summed E-state index contributed by atoms with van der Waals surface area (Å²) in [6.45, 7) is 0.938. The van der Waals surface area contributed by atoms with E-state index in [0.717, 1.165) is 16.3 Å². The summed E-state index contributed by atoms with van der Waals surface area (Å²) >= 11 is 1.60. The fraction of sp³-hybridized carbons (Fsp3) is 0.158. The minimum atomic E-state index is -0.224. The highest BCUT2D eigenvalue weighted by atomic mass is 32.1. The van der Waals surface area contributed by atoms with E-state index >= 15 is 0 Å². The summed E-state index contributed by atoms with van der Waals surface area (Å²) < 4.78 is 13.7. The van der Waals surface area contributed by atoms with Crippen LogP contribution in [0, 0.1) is 5.82 Å². The SMILES string of the molecule is CN=C(NCc1nc(-c2ccccc2)cs1)NCc1ccccc1F. The van der Waals surface area contributed by atoms with Crippen LogP contribution in [0.3, 0.4) is 0 Å². The van der Waals surface area contributed by atoms with Crippen molar-refractivity contribution in [1.82, 2.24) is 15.6 Å². The minimum absolute atomic E-state index is 0.224. The van der Waals surface area contributed by atoms with Crippen molar-refractivity contribution in [3.63, 3.8) is 0 Å². The molecule has 4 nitrogen and oxygen atoms in total. The zero-order chi connectivity index (χ0) is 17.5. The quantitative estimate of drug-likeness (QED) is 0.541. The Bertz CT molecular complexity index is 845. The first-order valence-electron chi connectivity index (χ1n) is 7.94. The van der Waals surface area contributed by atoms with Gasteiger partial charge in [-0.1, -0.05) is 48.5 Å². The monoisotopic (exact) mass is 354 g/mol. The van der Waals surface area contributed by atoms with Gasteiger partial charge in [-0.3, -0.25) is 4.99 Å². The number of benzene rings is 2. The van der Waals surface area contributed by atoms with Gasteiger partial charge in [-0.2, -0.15) is 0 Å². The summed E-state index contributed by atoms with van der Waals surface area (Å²) in [4.78, 5) is 8.79. The molecule has 25 heavy (non-hydrogen) atoms. The standard InChI is InChI=1S/C19H19FN4S/c1-21-19(22-11-15-9-5-6-10-16(15)20)23-12-18-24-17(13-25-18)14-7-3-2-4-8-14/h2-10,13H,11-12H2,1H3,(H2,21,22,23). The molecule has 1 heterocycles. The van der Waals surface area contributed by atoms with Gasteiger partial charge in [0, 0.05) is 30.1 Å². The van der Waals surface area contributed by atoms with Crippen molar-refractivity contribution in [2.24, 2.45) is 4.99 Å². The van der Waals surface area contributed by atoms with Crippen LogP contribution in [0.25, 0.3) is 11.3 Å². The molecule has 0 unspecified atom stereocenters. The lowest BCUT2D eigenvalue weighted by Gasteiger charge is -2.11. The van der Waals surface area contributed by atoms with Gasteiger partial charge in [-0.25, -0.2) is 9.37 Å². The zero-order valence-corrected chi connectivity index (χ0v) is 14.7. The number of hydrogen-bond acceptors (Lipinski definition) is 3. The second-order valence-corrected chi connectivity index (χ2v) is 6.31. The van der Waals surface area contributed by atoms with Crippen molar-refractivity contribution >= 4 is 17.3 Å². The summed E-state index contributed by atoms with van der Waals surface area (Å²) in [5.41, 5.74) is 2.68. The van der Waals surface area contributed by atoms with Crippen LogP contribution in [0.2, 0.25) is 0 Å². The van der Waals surface area contributed by atoms with Crippen molar-refractivity contribution in [2.75, 3.05) is 7.05 Å². The Morgan fingerprint density at radius 2 is 1.76 bits per heavy atom. The van der Waals surface area contributed by atoms with Crippen LogP contribution in [0.4, 0.5) is 4.39 Å². The van der Waals surface area contributed by atoms with Gasteiger partial charge in [-0.15, -0.1) is 11.3 Å². The number of halogens is 1. The topological polar surface area (TPSA) is 49.3 Å². The van der Waals surface area contributed by atoms with Crippen molar-refractivity contribution < 1.29 is 4.39 Å². The van der Waals surface area contributed by atoms with Crippen LogP contribution < -0.4 is 10.6 Å². The number of hydrogen-bond donors (Lipinski definition) is 2. The Morgan fingerprint density at radius 1 is 1.04 bits per heavy atom. The number of aliphatic imine (C=N–C) groups is 1. The highest BCUT2D eigenvalue weighted by Crippen LogP contribution is 2.21. The second kappa shape index (κ2) is 8.39. The zero-order valence-electron chi connectivity index (χ0n) is 13.9. The van der Waals surface area contributed by atoms with Crippen LogP contribution >= 0.6 is 11.3 Å². The fourth-order valence-electron chi connectivity index (χ4n) is 2.33. The molecule has 128 valence electrons. The molecule has 0 aliphatic carbocycles. The number of thiazole rings is 1. The van der Waals surface area contributed by atoms with Gasteiger partial charge >= 0.3 is 0 Å². The first-order chi connectivity index (χ1) is 12.3. The van der Waals surface area contributed by atoms with Crippen LogP contribution in [-0.4, -0.2) is 18.0 Å². The predicted octanol–water partition coefficient (Wildman–Crippen LogP) is 3.81. The maximum Gasteiger partial charge on any atom is 0.191 e. The smallest absolute Gasteiger partial charge is 0.191 e. The molecule has 0 radical (unpaired) electrons. The normalized spacial score (nSPS) is 11.4. The molecule has 3 aromatic rings. The number of nitrogens with one attached hydrogen (secondary N) is 2. The molecule has 3 rings (SSSR count). The van der Waals surface area contributed by atoms with E-state index in [2.05, 4.69) is 20.6 Å². The average Bonchev–Trinajstić information content (AvgIpc) is 3.13. The van der Waals surface area contributed by atoms with Gasteiger partial charge in [0.2, 0.25) is 0 Å². The van der Waals surface area contributed by atoms with E-state index < -0.39 is 0 Å². The first kappa shape index (κ1) is 17.1. The van der Waals surface area contributed by atoms with Crippen LogP contribution in [0.15, 0.2) is 65.0 Å². The predicted molar refractivity (Wildman–Crippen MR) is 101 cm³/mol. The molecule has 0 atom stereocenters. The lowest BCUT2D eigenvalue weighted by Crippen LogP contribution is -2.36.